The van der Waals surface area contributed by atoms with Crippen molar-refractivity contribution < 1.29 is 15.0 Å². The van der Waals surface area contributed by atoms with Gasteiger partial charge in [0.05, 0.1) is 6.10 Å². The number of aliphatic hydroxyl groups is 1. The van der Waals surface area contributed by atoms with Gasteiger partial charge in [-0.05, 0) is 19.3 Å². The van der Waals surface area contributed by atoms with Gasteiger partial charge in [-0.25, -0.2) is 4.79 Å². The summed E-state index contributed by atoms with van der Waals surface area (Å²) in [5.41, 5.74) is 0.885. The minimum Gasteiger partial charge on any atom is -0.465 e. The van der Waals surface area contributed by atoms with E-state index in [0.29, 0.717) is 12.2 Å². The van der Waals surface area contributed by atoms with E-state index in [0.717, 1.165) is 18.5 Å². The highest BCUT2D eigenvalue weighted by atomic mass is 16.4. The van der Waals surface area contributed by atoms with Gasteiger partial charge >= 0.3 is 6.09 Å². The summed E-state index contributed by atoms with van der Waals surface area (Å²) in [5, 5.41) is 26.6. The number of anilines is 1. The molecule has 2 rings (SSSR count). The van der Waals surface area contributed by atoms with E-state index >= 15 is 0 Å². The summed E-state index contributed by atoms with van der Waals surface area (Å²) in [6.45, 7) is 0. The van der Waals surface area contributed by atoms with Gasteiger partial charge in [-0.15, -0.1) is 0 Å². The quantitative estimate of drug-likeness (QED) is 0.589. The number of carboxylic acid groups (broad SMARTS) is 1. The summed E-state index contributed by atoms with van der Waals surface area (Å²) in [6, 6.07) is 1.68. The maximum absolute atomic E-state index is 10.3. The van der Waals surface area contributed by atoms with E-state index in [1.54, 1.807) is 6.07 Å². The van der Waals surface area contributed by atoms with E-state index in [2.05, 4.69) is 15.5 Å². The predicted octanol–water partition coefficient (Wildman–Crippen LogP) is 1.13. The van der Waals surface area contributed by atoms with Crippen LogP contribution in [0.1, 0.15) is 30.9 Å². The zero-order valence-corrected chi connectivity index (χ0v) is 8.10. The lowest BCUT2D eigenvalue weighted by molar-refractivity contribution is 0.181. The third kappa shape index (κ3) is 2.27. The third-order valence-electron chi connectivity index (χ3n) is 2.68. The zero-order valence-electron chi connectivity index (χ0n) is 8.10. The van der Waals surface area contributed by atoms with Crippen molar-refractivity contribution in [2.75, 3.05) is 5.32 Å². The van der Waals surface area contributed by atoms with E-state index in [1.807, 2.05) is 0 Å². The lowest BCUT2D eigenvalue weighted by atomic mass is 10.0. The SMILES string of the molecule is O=C(O)Nc1cc([C@H]2CC[C@@H](O)C2)[nH]n1. The van der Waals surface area contributed by atoms with Crippen LogP contribution in [-0.2, 0) is 0 Å². The number of aromatic amines is 1. The van der Waals surface area contributed by atoms with Crippen molar-refractivity contribution >= 4 is 11.9 Å². The predicted molar refractivity (Wildman–Crippen MR) is 52.8 cm³/mol. The molecule has 4 N–H and O–H groups in total. The number of aliphatic hydroxyl groups excluding tert-OH is 1. The molecule has 1 amide bonds. The number of nitrogens with zero attached hydrogens (tertiary/aromatic N) is 1. The Balaban J connectivity index is 2.03. The van der Waals surface area contributed by atoms with Gasteiger partial charge in [-0.1, -0.05) is 0 Å². The molecule has 0 radical (unpaired) electrons. The Labute approximate surface area is 86.3 Å². The van der Waals surface area contributed by atoms with Crippen LogP contribution >= 0.6 is 0 Å². The Hall–Kier alpha value is -1.56. The summed E-state index contributed by atoms with van der Waals surface area (Å²) >= 11 is 0. The highest BCUT2D eigenvalue weighted by Gasteiger charge is 2.25. The molecule has 0 aliphatic heterocycles. The molecule has 2 atom stereocenters. The number of aromatic nitrogens is 2. The number of hydrogen-bond donors (Lipinski definition) is 4. The lowest BCUT2D eigenvalue weighted by Gasteiger charge is -2.04. The molecule has 6 heteroatoms. The maximum atomic E-state index is 10.3. The summed E-state index contributed by atoms with van der Waals surface area (Å²) in [4.78, 5) is 10.3. The first-order valence-electron chi connectivity index (χ1n) is 4.88. The fourth-order valence-electron chi connectivity index (χ4n) is 1.96. The van der Waals surface area contributed by atoms with Gasteiger partial charge in [0.15, 0.2) is 5.82 Å². The Morgan fingerprint density at radius 2 is 2.40 bits per heavy atom. The summed E-state index contributed by atoms with van der Waals surface area (Å²) in [7, 11) is 0. The van der Waals surface area contributed by atoms with Crippen LogP contribution in [0.25, 0.3) is 0 Å². The summed E-state index contributed by atoms with van der Waals surface area (Å²) in [6.07, 6.45) is 1.06. The topological polar surface area (TPSA) is 98.2 Å². The normalized spacial score (nSPS) is 25.4. The van der Waals surface area contributed by atoms with Crippen molar-refractivity contribution in [3.05, 3.63) is 11.8 Å². The molecule has 0 bridgehead atoms. The van der Waals surface area contributed by atoms with Gasteiger partial charge in [0, 0.05) is 17.7 Å². The first-order valence-corrected chi connectivity index (χ1v) is 4.88. The molecule has 1 aliphatic rings. The van der Waals surface area contributed by atoms with Crippen LogP contribution in [0.15, 0.2) is 6.07 Å². The van der Waals surface area contributed by atoms with E-state index in [9.17, 15) is 9.90 Å². The Kier molecular flexibility index (Phi) is 2.59. The number of carbonyl (C=O) groups is 1. The van der Waals surface area contributed by atoms with Crippen molar-refractivity contribution in [3.63, 3.8) is 0 Å². The number of H-pyrrole nitrogens is 1. The van der Waals surface area contributed by atoms with Crippen LogP contribution in [0.5, 0.6) is 0 Å². The van der Waals surface area contributed by atoms with E-state index in [4.69, 9.17) is 5.11 Å². The van der Waals surface area contributed by atoms with Crippen LogP contribution in [0.4, 0.5) is 10.6 Å². The van der Waals surface area contributed by atoms with Gasteiger partial charge in [0.1, 0.15) is 0 Å². The molecule has 1 heterocycles. The van der Waals surface area contributed by atoms with Crippen LogP contribution in [0, 0.1) is 0 Å². The number of rotatable bonds is 2. The number of amides is 1. The molecule has 6 nitrogen and oxygen atoms in total. The van der Waals surface area contributed by atoms with Crippen LogP contribution in [0.3, 0.4) is 0 Å². The summed E-state index contributed by atoms with van der Waals surface area (Å²) in [5.74, 6) is 0.565. The lowest BCUT2D eigenvalue weighted by Crippen LogP contribution is -2.07. The van der Waals surface area contributed by atoms with E-state index in [-0.39, 0.29) is 12.0 Å². The van der Waals surface area contributed by atoms with E-state index in [1.165, 1.54) is 0 Å². The van der Waals surface area contributed by atoms with Crippen molar-refractivity contribution in [1.82, 2.24) is 10.2 Å². The smallest absolute Gasteiger partial charge is 0.410 e. The monoisotopic (exact) mass is 211 g/mol. The number of hydrogen-bond acceptors (Lipinski definition) is 3. The average Bonchev–Trinajstić information content (AvgIpc) is 2.72. The van der Waals surface area contributed by atoms with Gasteiger partial charge in [0.2, 0.25) is 0 Å². The minimum absolute atomic E-state index is 0.241. The molecule has 0 spiro atoms. The molecule has 1 aromatic rings. The van der Waals surface area contributed by atoms with Crippen molar-refractivity contribution in [1.29, 1.82) is 0 Å². The molecule has 1 aliphatic carbocycles. The van der Waals surface area contributed by atoms with Gasteiger partial charge in [-0.2, -0.15) is 5.10 Å². The third-order valence-corrected chi connectivity index (χ3v) is 2.68. The van der Waals surface area contributed by atoms with Crippen molar-refractivity contribution in [2.24, 2.45) is 0 Å². The first-order chi connectivity index (χ1) is 7.15. The molecule has 0 aromatic carbocycles. The highest BCUT2D eigenvalue weighted by Crippen LogP contribution is 2.33. The van der Waals surface area contributed by atoms with Crippen LogP contribution in [-0.4, -0.2) is 32.6 Å². The first kappa shape index (κ1) is 9.97. The van der Waals surface area contributed by atoms with Gasteiger partial charge in [0.25, 0.3) is 0 Å². The standard InChI is InChI=1S/C9H13N3O3/c13-6-2-1-5(3-6)7-4-8(12-11-7)10-9(14)15/h4-6,13H,1-3H2,(H,14,15)(H2,10,11,12)/t5-,6+/m0/s1. The Bertz CT molecular complexity index is 363. The van der Waals surface area contributed by atoms with E-state index < -0.39 is 6.09 Å². The molecule has 15 heavy (non-hydrogen) atoms. The fraction of sp³-hybridized carbons (Fsp3) is 0.556. The molecular formula is C9H13N3O3. The molecule has 1 aromatic heterocycles. The molecule has 1 saturated carbocycles. The molecule has 1 fully saturated rings. The molecular weight excluding hydrogens is 198 g/mol. The largest absolute Gasteiger partial charge is 0.465 e. The van der Waals surface area contributed by atoms with Crippen LogP contribution < -0.4 is 5.32 Å². The van der Waals surface area contributed by atoms with Crippen molar-refractivity contribution in [2.45, 2.75) is 31.3 Å². The number of nitrogens with one attached hydrogen (secondary N) is 2. The Morgan fingerprint density at radius 3 is 3.00 bits per heavy atom. The molecule has 0 unspecified atom stereocenters. The second-order valence-corrected chi connectivity index (χ2v) is 3.80. The average molecular weight is 211 g/mol. The van der Waals surface area contributed by atoms with Gasteiger partial charge < -0.3 is 10.2 Å². The molecule has 0 saturated heterocycles. The van der Waals surface area contributed by atoms with Crippen molar-refractivity contribution in [3.8, 4) is 0 Å². The zero-order chi connectivity index (χ0) is 10.8. The minimum atomic E-state index is -1.13. The second kappa shape index (κ2) is 3.90. The van der Waals surface area contributed by atoms with Crippen LogP contribution in [0.2, 0.25) is 0 Å². The molecule has 82 valence electrons. The second-order valence-electron chi connectivity index (χ2n) is 3.80. The van der Waals surface area contributed by atoms with Gasteiger partial charge in [-0.3, -0.25) is 10.4 Å². The summed E-state index contributed by atoms with van der Waals surface area (Å²) < 4.78 is 0. The maximum Gasteiger partial charge on any atom is 0.410 e. The fourth-order valence-corrected chi connectivity index (χ4v) is 1.96. The highest BCUT2D eigenvalue weighted by molar-refractivity contribution is 5.81. The Morgan fingerprint density at radius 1 is 1.60 bits per heavy atom.